The molecule has 1 saturated carbocycles. The lowest BCUT2D eigenvalue weighted by molar-refractivity contribution is -0.140. The van der Waals surface area contributed by atoms with Gasteiger partial charge in [0, 0.05) is 17.7 Å². The Bertz CT molecular complexity index is 446. The molecule has 1 aliphatic rings. The number of carbonyl (C=O) groups is 1. The molecule has 0 aromatic heterocycles. The Morgan fingerprint density at radius 3 is 2.65 bits per heavy atom. The summed E-state index contributed by atoms with van der Waals surface area (Å²) in [4.78, 5) is 11.1. The maximum atomic E-state index is 13.8. The molecule has 1 aromatic rings. The van der Waals surface area contributed by atoms with Gasteiger partial charge in [-0.1, -0.05) is 11.6 Å². The van der Waals surface area contributed by atoms with Crippen molar-refractivity contribution in [2.24, 2.45) is 0 Å². The van der Waals surface area contributed by atoms with Gasteiger partial charge in [0.25, 0.3) is 0 Å². The Hall–Kier alpha value is -1.13. The Labute approximate surface area is 103 Å². The summed E-state index contributed by atoms with van der Waals surface area (Å²) in [6, 6.07) is 2.78. The molecule has 0 radical (unpaired) electrons. The Morgan fingerprint density at radius 2 is 2.24 bits per heavy atom. The number of carboxylic acids is 1. The molecule has 5 heteroatoms. The molecule has 3 nitrogen and oxygen atoms in total. The number of hydrogen-bond acceptors (Lipinski definition) is 2. The molecule has 0 saturated heterocycles. The summed E-state index contributed by atoms with van der Waals surface area (Å²) in [6.07, 6.45) is 1.06. The minimum Gasteiger partial charge on any atom is -0.481 e. The van der Waals surface area contributed by atoms with Crippen LogP contribution in [-0.4, -0.2) is 18.2 Å². The maximum absolute atomic E-state index is 13.8. The third-order valence-corrected chi connectivity index (χ3v) is 3.48. The number of halogens is 2. The van der Waals surface area contributed by atoms with Crippen molar-refractivity contribution in [3.8, 4) is 0 Å². The number of hydrogen-bond donors (Lipinski definition) is 1. The second-order valence-corrected chi connectivity index (χ2v) is 4.65. The first-order valence-electron chi connectivity index (χ1n) is 5.22. The molecular weight excluding hydrogens is 247 g/mol. The van der Waals surface area contributed by atoms with Gasteiger partial charge in [-0.15, -0.1) is 0 Å². The van der Waals surface area contributed by atoms with Crippen molar-refractivity contribution in [1.82, 2.24) is 0 Å². The van der Waals surface area contributed by atoms with Crippen LogP contribution in [0.3, 0.4) is 0 Å². The Balaban J connectivity index is 2.43. The first kappa shape index (κ1) is 12.3. The smallest absolute Gasteiger partial charge is 0.314 e. The van der Waals surface area contributed by atoms with Gasteiger partial charge in [-0.2, -0.15) is 0 Å². The molecular formula is C12H12ClFO3. The van der Waals surface area contributed by atoms with Crippen LogP contribution in [0.15, 0.2) is 12.1 Å². The van der Waals surface area contributed by atoms with E-state index in [2.05, 4.69) is 0 Å². The van der Waals surface area contributed by atoms with Gasteiger partial charge in [0.2, 0.25) is 0 Å². The highest BCUT2D eigenvalue weighted by Crippen LogP contribution is 2.49. The number of methoxy groups -OCH3 is 1. The first-order valence-corrected chi connectivity index (χ1v) is 5.60. The van der Waals surface area contributed by atoms with E-state index in [1.54, 1.807) is 0 Å². The average Bonchev–Trinajstić information content (AvgIpc) is 3.04. The molecule has 0 heterocycles. The predicted octanol–water partition coefficient (Wildman–Crippen LogP) is 2.74. The average molecular weight is 259 g/mol. The molecule has 0 bridgehead atoms. The van der Waals surface area contributed by atoms with E-state index in [1.807, 2.05) is 0 Å². The summed E-state index contributed by atoms with van der Waals surface area (Å²) in [5, 5.41) is 9.34. The van der Waals surface area contributed by atoms with E-state index in [0.29, 0.717) is 18.4 Å². The molecule has 0 amide bonds. The molecule has 0 unspecified atom stereocenters. The number of ether oxygens (including phenoxy) is 1. The molecule has 1 aromatic carbocycles. The zero-order valence-corrected chi connectivity index (χ0v) is 10.1. The van der Waals surface area contributed by atoms with Crippen LogP contribution in [0.1, 0.15) is 24.0 Å². The van der Waals surface area contributed by atoms with Gasteiger partial charge < -0.3 is 9.84 Å². The summed E-state index contributed by atoms with van der Waals surface area (Å²) in [5.41, 5.74) is -0.234. The molecule has 0 aliphatic heterocycles. The van der Waals surface area contributed by atoms with E-state index in [-0.39, 0.29) is 17.2 Å². The molecule has 0 atom stereocenters. The van der Waals surface area contributed by atoms with Crippen molar-refractivity contribution in [2.75, 3.05) is 7.11 Å². The van der Waals surface area contributed by atoms with Gasteiger partial charge >= 0.3 is 5.97 Å². The number of carboxylic acid groups (broad SMARTS) is 1. The monoisotopic (exact) mass is 258 g/mol. The Kier molecular flexibility index (Phi) is 3.10. The molecule has 1 aliphatic carbocycles. The standard InChI is InChI=1S/C12H12ClFO3/c1-17-6-8-9(13)4-7(5-10(8)14)12(2-3-12)11(15)16/h4-5H,2-3,6H2,1H3,(H,15,16). The topological polar surface area (TPSA) is 46.5 Å². The highest BCUT2D eigenvalue weighted by molar-refractivity contribution is 6.31. The first-order chi connectivity index (χ1) is 8.01. The predicted molar refractivity (Wildman–Crippen MR) is 60.7 cm³/mol. The van der Waals surface area contributed by atoms with E-state index in [9.17, 15) is 9.18 Å². The van der Waals surface area contributed by atoms with Gasteiger partial charge in [-0.25, -0.2) is 4.39 Å². The van der Waals surface area contributed by atoms with Crippen LogP contribution in [0, 0.1) is 5.82 Å². The fourth-order valence-corrected chi connectivity index (χ4v) is 2.17. The van der Waals surface area contributed by atoms with E-state index < -0.39 is 17.2 Å². The lowest BCUT2D eigenvalue weighted by Crippen LogP contribution is -2.20. The maximum Gasteiger partial charge on any atom is 0.314 e. The summed E-state index contributed by atoms with van der Waals surface area (Å²) in [6.45, 7) is 0.0744. The molecule has 0 spiro atoms. The molecule has 1 fully saturated rings. The van der Waals surface area contributed by atoms with Crippen molar-refractivity contribution in [2.45, 2.75) is 24.9 Å². The summed E-state index contributed by atoms with van der Waals surface area (Å²) >= 11 is 5.94. The van der Waals surface area contributed by atoms with Crippen molar-refractivity contribution in [3.63, 3.8) is 0 Å². The van der Waals surface area contributed by atoms with Crippen molar-refractivity contribution >= 4 is 17.6 Å². The van der Waals surface area contributed by atoms with Crippen molar-refractivity contribution in [1.29, 1.82) is 0 Å². The van der Waals surface area contributed by atoms with Crippen LogP contribution in [0.2, 0.25) is 5.02 Å². The molecule has 1 N–H and O–H groups in total. The van der Waals surface area contributed by atoms with Crippen molar-refractivity contribution < 1.29 is 19.0 Å². The minimum absolute atomic E-state index is 0.0744. The van der Waals surface area contributed by atoms with Crippen LogP contribution in [0.5, 0.6) is 0 Å². The van der Waals surface area contributed by atoms with Gasteiger partial charge in [-0.05, 0) is 30.5 Å². The lowest BCUT2D eigenvalue weighted by atomic mass is 9.95. The number of aliphatic carboxylic acids is 1. The fraction of sp³-hybridized carbons (Fsp3) is 0.417. The number of benzene rings is 1. The van der Waals surface area contributed by atoms with Gasteiger partial charge in [0.15, 0.2) is 0 Å². The lowest BCUT2D eigenvalue weighted by Gasteiger charge is -2.13. The second kappa shape index (κ2) is 4.27. The minimum atomic E-state index is -0.934. The highest BCUT2D eigenvalue weighted by atomic mass is 35.5. The van der Waals surface area contributed by atoms with Gasteiger partial charge in [-0.3, -0.25) is 4.79 Å². The largest absolute Gasteiger partial charge is 0.481 e. The fourth-order valence-electron chi connectivity index (χ4n) is 1.91. The zero-order chi connectivity index (χ0) is 12.6. The number of rotatable bonds is 4. The highest BCUT2D eigenvalue weighted by Gasteiger charge is 2.52. The third kappa shape index (κ3) is 2.03. The molecule has 17 heavy (non-hydrogen) atoms. The SMILES string of the molecule is COCc1c(F)cc(C2(C(=O)O)CC2)cc1Cl. The summed E-state index contributed by atoms with van der Waals surface area (Å²) < 4.78 is 18.6. The quantitative estimate of drug-likeness (QED) is 0.903. The van der Waals surface area contributed by atoms with Crippen LogP contribution >= 0.6 is 11.6 Å². The molecule has 92 valence electrons. The molecule has 2 rings (SSSR count). The van der Waals surface area contributed by atoms with E-state index in [0.717, 1.165) is 0 Å². The zero-order valence-electron chi connectivity index (χ0n) is 9.30. The van der Waals surface area contributed by atoms with E-state index in [1.165, 1.54) is 19.2 Å². The van der Waals surface area contributed by atoms with Crippen LogP contribution in [-0.2, 0) is 21.6 Å². The second-order valence-electron chi connectivity index (χ2n) is 4.24. The van der Waals surface area contributed by atoms with Crippen LogP contribution in [0.4, 0.5) is 4.39 Å². The van der Waals surface area contributed by atoms with E-state index >= 15 is 0 Å². The van der Waals surface area contributed by atoms with Crippen LogP contribution < -0.4 is 0 Å². The van der Waals surface area contributed by atoms with Gasteiger partial charge in [0.05, 0.1) is 12.0 Å². The third-order valence-electron chi connectivity index (χ3n) is 3.14. The van der Waals surface area contributed by atoms with Gasteiger partial charge in [0.1, 0.15) is 5.82 Å². The van der Waals surface area contributed by atoms with E-state index in [4.69, 9.17) is 21.4 Å². The van der Waals surface area contributed by atoms with Crippen molar-refractivity contribution in [3.05, 3.63) is 34.1 Å². The Morgan fingerprint density at radius 1 is 1.59 bits per heavy atom. The van der Waals surface area contributed by atoms with Crippen LogP contribution in [0.25, 0.3) is 0 Å². The normalized spacial score (nSPS) is 16.9. The summed E-state index contributed by atoms with van der Waals surface area (Å²) in [7, 11) is 1.45. The summed E-state index contributed by atoms with van der Waals surface area (Å²) in [5.74, 6) is -1.44.